The molecule has 1 unspecified atom stereocenters. The van der Waals surface area contributed by atoms with E-state index >= 15 is 0 Å². The fourth-order valence-electron chi connectivity index (χ4n) is 4.06. The molecule has 3 N–H and O–H groups in total. The van der Waals surface area contributed by atoms with Crippen molar-refractivity contribution in [1.29, 1.82) is 0 Å². The highest BCUT2D eigenvalue weighted by atomic mass is 32.1. The maximum Gasteiger partial charge on any atom is 0.225 e. The van der Waals surface area contributed by atoms with Gasteiger partial charge in [0.2, 0.25) is 5.95 Å². The Morgan fingerprint density at radius 2 is 1.75 bits per heavy atom. The van der Waals surface area contributed by atoms with Gasteiger partial charge in [-0.15, -0.1) is 11.3 Å². The van der Waals surface area contributed by atoms with Gasteiger partial charge in [-0.2, -0.15) is 4.98 Å². The third-order valence-electron chi connectivity index (χ3n) is 6.15. The van der Waals surface area contributed by atoms with Gasteiger partial charge in [-0.3, -0.25) is 4.98 Å². The van der Waals surface area contributed by atoms with E-state index in [2.05, 4.69) is 25.6 Å². The van der Waals surface area contributed by atoms with Crippen molar-refractivity contribution < 1.29 is 13.9 Å². The SMILES string of the molecule is CCC(CO)CCNc1nc(NCc2c(F)cccc2F)nc(C)c1-c1nc2c(C)nc(C)cc2s1. The third kappa shape index (κ3) is 5.60. The first-order valence-electron chi connectivity index (χ1n) is 12.0. The standard InChI is InChI=1S/C26H30F2N6OS/c1-5-17(13-35)9-10-29-24-22(25-33-23-16(4)31-14(2)11-21(23)36-25)15(3)32-26(34-24)30-12-18-19(27)7-6-8-20(18)28/h6-8,11,17,35H,5,9-10,12-13H2,1-4H3,(H2,29,30,32,34). The molecule has 4 aromatic rings. The molecule has 36 heavy (non-hydrogen) atoms. The molecule has 0 aliphatic carbocycles. The molecule has 0 aliphatic heterocycles. The molecule has 7 nitrogen and oxygen atoms in total. The van der Waals surface area contributed by atoms with Crippen LogP contribution in [0.2, 0.25) is 0 Å². The van der Waals surface area contributed by atoms with Crippen molar-refractivity contribution in [2.75, 3.05) is 23.8 Å². The van der Waals surface area contributed by atoms with Crippen LogP contribution >= 0.6 is 11.3 Å². The average Bonchev–Trinajstić information content (AvgIpc) is 3.25. The van der Waals surface area contributed by atoms with Crippen LogP contribution in [0, 0.1) is 38.3 Å². The first-order valence-corrected chi connectivity index (χ1v) is 12.8. The zero-order chi connectivity index (χ0) is 25.8. The van der Waals surface area contributed by atoms with Crippen molar-refractivity contribution in [3.05, 3.63) is 58.5 Å². The van der Waals surface area contributed by atoms with Crippen molar-refractivity contribution >= 4 is 33.3 Å². The number of benzene rings is 1. The number of hydrogen-bond acceptors (Lipinski definition) is 8. The summed E-state index contributed by atoms with van der Waals surface area (Å²) in [6.45, 7) is 8.43. The molecular formula is C26H30F2N6OS. The van der Waals surface area contributed by atoms with Crippen molar-refractivity contribution in [2.24, 2.45) is 5.92 Å². The van der Waals surface area contributed by atoms with Crippen LogP contribution in [0.4, 0.5) is 20.5 Å². The highest BCUT2D eigenvalue weighted by molar-refractivity contribution is 7.21. The second-order valence-corrected chi connectivity index (χ2v) is 9.83. The number of anilines is 2. The second-order valence-electron chi connectivity index (χ2n) is 8.80. The van der Waals surface area contributed by atoms with Crippen molar-refractivity contribution in [1.82, 2.24) is 19.9 Å². The van der Waals surface area contributed by atoms with Gasteiger partial charge in [-0.1, -0.05) is 19.4 Å². The van der Waals surface area contributed by atoms with Gasteiger partial charge in [0.25, 0.3) is 0 Å². The molecule has 0 amide bonds. The second kappa shape index (κ2) is 11.2. The topological polar surface area (TPSA) is 95.8 Å². The highest BCUT2D eigenvalue weighted by Crippen LogP contribution is 2.37. The van der Waals surface area contributed by atoms with Gasteiger partial charge in [0, 0.05) is 31.0 Å². The molecule has 3 heterocycles. The Balaban J connectivity index is 1.69. The molecule has 1 aromatic carbocycles. The molecule has 190 valence electrons. The van der Waals surface area contributed by atoms with E-state index in [1.807, 2.05) is 33.8 Å². The van der Waals surface area contributed by atoms with Crippen molar-refractivity contribution in [2.45, 2.75) is 47.1 Å². The van der Waals surface area contributed by atoms with Crippen LogP contribution in [0.15, 0.2) is 24.3 Å². The maximum atomic E-state index is 14.1. The minimum atomic E-state index is -0.627. The van der Waals surface area contributed by atoms with Gasteiger partial charge >= 0.3 is 0 Å². The van der Waals surface area contributed by atoms with Gasteiger partial charge in [-0.25, -0.2) is 18.7 Å². The van der Waals surface area contributed by atoms with E-state index in [1.165, 1.54) is 18.2 Å². The lowest BCUT2D eigenvalue weighted by molar-refractivity contribution is 0.217. The first kappa shape index (κ1) is 25.8. The lowest BCUT2D eigenvalue weighted by Crippen LogP contribution is -2.15. The maximum absolute atomic E-state index is 14.1. The number of fused-ring (bicyclic) bond motifs is 1. The zero-order valence-corrected chi connectivity index (χ0v) is 21.6. The summed E-state index contributed by atoms with van der Waals surface area (Å²) in [5, 5.41) is 16.7. The Morgan fingerprint density at radius 1 is 1.00 bits per heavy atom. The largest absolute Gasteiger partial charge is 0.396 e. The van der Waals surface area contributed by atoms with Gasteiger partial charge in [-0.05, 0) is 51.3 Å². The van der Waals surface area contributed by atoms with Gasteiger partial charge in [0.05, 0.1) is 21.7 Å². The van der Waals surface area contributed by atoms with Crippen molar-refractivity contribution in [3.63, 3.8) is 0 Å². The fraction of sp³-hybridized carbons (Fsp3) is 0.385. The molecule has 1 atom stereocenters. The van der Waals surface area contributed by atoms with E-state index in [0.29, 0.717) is 18.1 Å². The number of halogens is 2. The quantitative estimate of drug-likeness (QED) is 0.248. The molecule has 3 aromatic heterocycles. The average molecular weight is 513 g/mol. The van der Waals surface area contributed by atoms with Gasteiger partial charge in [0.15, 0.2) is 0 Å². The Bertz CT molecular complexity index is 1350. The number of thiazole rings is 1. The summed E-state index contributed by atoms with van der Waals surface area (Å²) in [4.78, 5) is 18.6. The Morgan fingerprint density at radius 3 is 2.44 bits per heavy atom. The number of rotatable bonds is 10. The van der Waals surface area contributed by atoms with E-state index in [4.69, 9.17) is 4.98 Å². The third-order valence-corrected chi connectivity index (χ3v) is 7.17. The highest BCUT2D eigenvalue weighted by Gasteiger charge is 2.20. The number of nitrogens with one attached hydrogen (secondary N) is 2. The number of nitrogens with zero attached hydrogens (tertiary/aromatic N) is 4. The number of hydrogen-bond donors (Lipinski definition) is 3. The first-order chi connectivity index (χ1) is 17.3. The van der Waals surface area contributed by atoms with Crippen LogP contribution in [-0.4, -0.2) is 38.2 Å². The molecule has 0 saturated heterocycles. The Labute approximate surface area is 213 Å². The predicted molar refractivity (Wildman–Crippen MR) is 140 cm³/mol. The molecule has 0 radical (unpaired) electrons. The van der Waals surface area contributed by atoms with Gasteiger partial charge < -0.3 is 15.7 Å². The van der Waals surface area contributed by atoms with Crippen LogP contribution in [0.25, 0.3) is 20.8 Å². The monoisotopic (exact) mass is 512 g/mol. The molecule has 0 saturated carbocycles. The van der Waals surface area contributed by atoms with Crippen LogP contribution in [0.1, 0.15) is 42.4 Å². The lowest BCUT2D eigenvalue weighted by atomic mass is 10.0. The normalized spacial score (nSPS) is 12.2. The summed E-state index contributed by atoms with van der Waals surface area (Å²) in [6.07, 6.45) is 1.64. The summed E-state index contributed by atoms with van der Waals surface area (Å²) < 4.78 is 29.2. The molecule has 4 rings (SSSR count). The minimum absolute atomic E-state index is 0.0735. The van der Waals surface area contributed by atoms with E-state index in [1.54, 1.807) is 11.3 Å². The number of aromatic nitrogens is 4. The lowest BCUT2D eigenvalue weighted by Gasteiger charge is -2.16. The zero-order valence-electron chi connectivity index (χ0n) is 20.8. The number of aliphatic hydroxyl groups is 1. The summed E-state index contributed by atoms with van der Waals surface area (Å²) in [5.74, 6) is -0.238. The van der Waals surface area contributed by atoms with Crippen LogP contribution in [0.5, 0.6) is 0 Å². The summed E-state index contributed by atoms with van der Waals surface area (Å²) in [5.41, 5.74) is 4.01. The Kier molecular flexibility index (Phi) is 8.05. The summed E-state index contributed by atoms with van der Waals surface area (Å²) >= 11 is 1.55. The molecule has 0 aliphatic rings. The molecule has 0 fully saturated rings. The Hall–Kier alpha value is -3.24. The van der Waals surface area contributed by atoms with E-state index in [-0.39, 0.29) is 30.6 Å². The molecule has 0 spiro atoms. The smallest absolute Gasteiger partial charge is 0.225 e. The number of pyridine rings is 1. The summed E-state index contributed by atoms with van der Waals surface area (Å²) in [7, 11) is 0. The van der Waals surface area contributed by atoms with Crippen LogP contribution in [-0.2, 0) is 6.54 Å². The molecular weight excluding hydrogens is 482 g/mol. The predicted octanol–water partition coefficient (Wildman–Crippen LogP) is 5.78. The van der Waals surface area contributed by atoms with E-state index in [0.717, 1.165) is 45.0 Å². The van der Waals surface area contributed by atoms with Crippen LogP contribution in [0.3, 0.4) is 0 Å². The van der Waals surface area contributed by atoms with Crippen molar-refractivity contribution in [3.8, 4) is 10.6 Å². The minimum Gasteiger partial charge on any atom is -0.396 e. The molecule has 0 bridgehead atoms. The van der Waals surface area contributed by atoms with E-state index < -0.39 is 11.6 Å². The summed E-state index contributed by atoms with van der Waals surface area (Å²) in [6, 6.07) is 5.79. The number of aryl methyl sites for hydroxylation is 3. The number of aliphatic hydroxyl groups excluding tert-OH is 1. The van der Waals surface area contributed by atoms with E-state index in [9.17, 15) is 13.9 Å². The van der Waals surface area contributed by atoms with Gasteiger partial charge in [0.1, 0.15) is 28.0 Å². The van der Waals surface area contributed by atoms with Crippen LogP contribution < -0.4 is 10.6 Å². The molecule has 10 heteroatoms. The fourth-order valence-corrected chi connectivity index (χ4v) is 5.27.